The first-order valence-corrected chi connectivity index (χ1v) is 7.71. The maximum Gasteiger partial charge on any atom is 0.410 e. The molecule has 0 atom stereocenters. The van der Waals surface area contributed by atoms with Gasteiger partial charge < -0.3 is 14.6 Å². The second-order valence-electron chi connectivity index (χ2n) is 5.93. The molecular formula is C15H19N5O2. The molecule has 7 nitrogen and oxygen atoms in total. The van der Waals surface area contributed by atoms with Crippen LogP contribution in [0, 0.1) is 0 Å². The van der Waals surface area contributed by atoms with E-state index in [0.29, 0.717) is 13.2 Å². The summed E-state index contributed by atoms with van der Waals surface area (Å²) in [7, 11) is 0. The number of nitrogens with zero attached hydrogens (tertiary/aromatic N) is 4. The Balaban J connectivity index is 1.60. The molecule has 2 aromatic heterocycles. The minimum absolute atomic E-state index is 0.0713. The van der Waals surface area contributed by atoms with Crippen molar-refractivity contribution in [3.05, 3.63) is 18.6 Å². The van der Waals surface area contributed by atoms with Gasteiger partial charge in [0.2, 0.25) is 0 Å². The van der Waals surface area contributed by atoms with Crippen LogP contribution in [0.15, 0.2) is 18.6 Å². The lowest BCUT2D eigenvalue weighted by atomic mass is 10.1. The van der Waals surface area contributed by atoms with Gasteiger partial charge in [0.1, 0.15) is 17.8 Å². The normalized spacial score (nSPS) is 19.7. The van der Waals surface area contributed by atoms with Gasteiger partial charge in [-0.3, -0.25) is 4.90 Å². The number of aromatic nitrogens is 3. The van der Waals surface area contributed by atoms with Crippen molar-refractivity contribution in [3.8, 4) is 0 Å². The van der Waals surface area contributed by atoms with E-state index in [9.17, 15) is 4.79 Å². The number of piperazine rings is 1. The molecule has 22 heavy (non-hydrogen) atoms. The summed E-state index contributed by atoms with van der Waals surface area (Å²) in [6.07, 6.45) is 5.35. The first-order valence-electron chi connectivity index (χ1n) is 7.71. The molecule has 2 aliphatic rings. The number of amides is 1. The molecule has 2 fully saturated rings. The van der Waals surface area contributed by atoms with Gasteiger partial charge in [-0.15, -0.1) is 0 Å². The minimum Gasteiger partial charge on any atom is -0.450 e. The summed E-state index contributed by atoms with van der Waals surface area (Å²) in [5.74, 6) is 0.945. The molecule has 4 rings (SSSR count). The molecule has 1 saturated heterocycles. The van der Waals surface area contributed by atoms with Crippen molar-refractivity contribution in [2.45, 2.75) is 25.3 Å². The zero-order valence-corrected chi connectivity index (χ0v) is 12.6. The number of rotatable bonds is 2. The van der Waals surface area contributed by atoms with Gasteiger partial charge in [0.25, 0.3) is 0 Å². The van der Waals surface area contributed by atoms with E-state index in [4.69, 9.17) is 4.74 Å². The monoisotopic (exact) mass is 301 g/mol. The molecule has 1 aliphatic carbocycles. The van der Waals surface area contributed by atoms with E-state index in [1.165, 1.54) is 0 Å². The quantitative estimate of drug-likeness (QED) is 0.915. The Kier molecular flexibility index (Phi) is 2.95. The summed E-state index contributed by atoms with van der Waals surface area (Å²) in [5.41, 5.74) is 0.778. The van der Waals surface area contributed by atoms with Gasteiger partial charge in [-0.05, 0) is 25.8 Å². The average molecular weight is 301 g/mol. The second-order valence-corrected chi connectivity index (χ2v) is 5.93. The molecule has 1 amide bonds. The topological polar surface area (TPSA) is 74.3 Å². The van der Waals surface area contributed by atoms with Gasteiger partial charge >= 0.3 is 6.09 Å². The van der Waals surface area contributed by atoms with Crippen molar-refractivity contribution in [2.24, 2.45) is 0 Å². The molecule has 3 heterocycles. The minimum atomic E-state index is -0.186. The number of nitrogens with one attached hydrogen (secondary N) is 1. The number of carbonyl (C=O) groups is 1. The number of anilines is 1. The lowest BCUT2D eigenvalue weighted by Gasteiger charge is -2.42. The van der Waals surface area contributed by atoms with Gasteiger partial charge in [-0.2, -0.15) is 0 Å². The van der Waals surface area contributed by atoms with Crippen LogP contribution in [0.3, 0.4) is 0 Å². The van der Waals surface area contributed by atoms with Crippen molar-refractivity contribution < 1.29 is 9.53 Å². The number of fused-ring (bicyclic) bond motifs is 1. The lowest BCUT2D eigenvalue weighted by molar-refractivity contribution is 0.0791. The molecule has 0 unspecified atom stereocenters. The number of hydrogen-bond acceptors (Lipinski definition) is 5. The van der Waals surface area contributed by atoms with Crippen LogP contribution in [0.2, 0.25) is 0 Å². The summed E-state index contributed by atoms with van der Waals surface area (Å²) in [4.78, 5) is 28.1. The average Bonchev–Trinajstić information content (AvgIpc) is 3.11. The van der Waals surface area contributed by atoms with Crippen molar-refractivity contribution in [2.75, 3.05) is 31.1 Å². The van der Waals surface area contributed by atoms with E-state index >= 15 is 0 Å². The van der Waals surface area contributed by atoms with Crippen molar-refractivity contribution in [3.63, 3.8) is 0 Å². The Morgan fingerprint density at radius 1 is 1.41 bits per heavy atom. The first kappa shape index (κ1) is 13.4. The molecule has 2 aromatic rings. The Morgan fingerprint density at radius 2 is 2.27 bits per heavy atom. The van der Waals surface area contributed by atoms with Crippen LogP contribution >= 0.6 is 0 Å². The lowest BCUT2D eigenvalue weighted by Crippen LogP contribution is -2.57. The second kappa shape index (κ2) is 4.86. The molecule has 0 radical (unpaired) electrons. The predicted molar refractivity (Wildman–Crippen MR) is 81.8 cm³/mol. The first-order chi connectivity index (χ1) is 10.7. The molecule has 1 N–H and O–H groups in total. The van der Waals surface area contributed by atoms with E-state index in [2.05, 4.69) is 19.9 Å². The molecule has 0 bridgehead atoms. The Morgan fingerprint density at radius 3 is 3.05 bits per heavy atom. The number of H-pyrrole nitrogens is 1. The SMILES string of the molecule is CCOC(=O)N1CCN(c2ncnc3[nH]ccc23)CC12CC2. The largest absolute Gasteiger partial charge is 0.450 e. The van der Waals surface area contributed by atoms with Crippen LogP contribution in [0.1, 0.15) is 19.8 Å². The maximum atomic E-state index is 12.1. The van der Waals surface area contributed by atoms with Crippen LogP contribution in [0.25, 0.3) is 11.0 Å². The number of carbonyl (C=O) groups excluding carboxylic acids is 1. The van der Waals surface area contributed by atoms with Crippen LogP contribution in [0.5, 0.6) is 0 Å². The molecule has 7 heteroatoms. The third-order valence-corrected chi connectivity index (χ3v) is 4.60. The van der Waals surface area contributed by atoms with Crippen LogP contribution in [-0.2, 0) is 4.74 Å². The molecule has 0 aromatic carbocycles. The fourth-order valence-corrected chi connectivity index (χ4v) is 3.33. The highest BCUT2D eigenvalue weighted by atomic mass is 16.6. The molecule has 1 saturated carbocycles. The van der Waals surface area contributed by atoms with Gasteiger partial charge in [0.15, 0.2) is 0 Å². The van der Waals surface area contributed by atoms with E-state index < -0.39 is 0 Å². The van der Waals surface area contributed by atoms with E-state index in [1.807, 2.05) is 24.1 Å². The van der Waals surface area contributed by atoms with E-state index in [-0.39, 0.29) is 11.6 Å². The predicted octanol–water partition coefficient (Wildman–Crippen LogP) is 1.77. The van der Waals surface area contributed by atoms with E-state index in [0.717, 1.165) is 42.8 Å². The highest BCUT2D eigenvalue weighted by Gasteiger charge is 2.54. The summed E-state index contributed by atoms with van der Waals surface area (Å²) >= 11 is 0. The number of ether oxygens (including phenoxy) is 1. The summed E-state index contributed by atoms with van der Waals surface area (Å²) in [6.45, 7) is 4.51. The van der Waals surface area contributed by atoms with Gasteiger partial charge in [-0.1, -0.05) is 0 Å². The third-order valence-electron chi connectivity index (χ3n) is 4.60. The van der Waals surface area contributed by atoms with E-state index in [1.54, 1.807) is 6.33 Å². The number of hydrogen-bond donors (Lipinski definition) is 1. The van der Waals surface area contributed by atoms with Crippen LogP contribution < -0.4 is 4.90 Å². The van der Waals surface area contributed by atoms with Gasteiger partial charge in [0, 0.05) is 25.8 Å². The fourth-order valence-electron chi connectivity index (χ4n) is 3.33. The van der Waals surface area contributed by atoms with Crippen molar-refractivity contribution in [1.82, 2.24) is 19.9 Å². The summed E-state index contributed by atoms with van der Waals surface area (Å²) < 4.78 is 5.19. The Bertz CT molecular complexity index is 709. The fraction of sp³-hybridized carbons (Fsp3) is 0.533. The van der Waals surface area contributed by atoms with Crippen molar-refractivity contribution in [1.29, 1.82) is 0 Å². The molecule has 1 aliphatic heterocycles. The highest BCUT2D eigenvalue weighted by Crippen LogP contribution is 2.45. The zero-order chi connectivity index (χ0) is 15.2. The summed E-state index contributed by atoms with van der Waals surface area (Å²) in [6, 6.07) is 2.00. The standard InChI is InChI=1S/C15H19N5O2/c1-2-22-14(21)20-8-7-19(9-15(20)4-5-15)13-11-3-6-16-12(11)17-10-18-13/h3,6,10H,2,4-5,7-9H2,1H3,(H,16,17,18). The van der Waals surface area contributed by atoms with Gasteiger partial charge in [0.05, 0.1) is 17.5 Å². The summed E-state index contributed by atoms with van der Waals surface area (Å²) in [5, 5.41) is 1.03. The van der Waals surface area contributed by atoms with Crippen LogP contribution in [-0.4, -0.2) is 57.7 Å². The molecule has 116 valence electrons. The third kappa shape index (κ3) is 2.00. The smallest absolute Gasteiger partial charge is 0.410 e. The maximum absolute atomic E-state index is 12.1. The van der Waals surface area contributed by atoms with Gasteiger partial charge in [-0.25, -0.2) is 14.8 Å². The zero-order valence-electron chi connectivity index (χ0n) is 12.6. The van der Waals surface area contributed by atoms with Crippen LogP contribution in [0.4, 0.5) is 10.6 Å². The van der Waals surface area contributed by atoms with Crippen molar-refractivity contribution >= 4 is 22.9 Å². The highest BCUT2D eigenvalue weighted by molar-refractivity contribution is 5.87. The number of aromatic amines is 1. The molecule has 1 spiro atoms. The molecular weight excluding hydrogens is 282 g/mol. The Hall–Kier alpha value is -2.31. The Labute approximate surface area is 128 Å².